The molecule has 0 radical (unpaired) electrons. The maximum atomic E-state index is 12.0. The lowest BCUT2D eigenvalue weighted by molar-refractivity contribution is -0.111. The summed E-state index contributed by atoms with van der Waals surface area (Å²) in [5.41, 5.74) is 0.471. The summed E-state index contributed by atoms with van der Waals surface area (Å²) >= 11 is 0. The zero-order chi connectivity index (χ0) is 17.9. The molecule has 0 saturated heterocycles. The zero-order valence-corrected chi connectivity index (χ0v) is 14.5. The molecule has 0 spiro atoms. The Bertz CT molecular complexity index is 583. The number of unbranched alkanes of at least 4 members (excludes halogenated alkanes) is 3. The van der Waals surface area contributed by atoms with Crippen LogP contribution < -0.4 is 14.8 Å². The summed E-state index contributed by atoms with van der Waals surface area (Å²) in [5, 5.41) is 2.57. The number of ether oxygens (including phenoxy) is 3. The van der Waals surface area contributed by atoms with Gasteiger partial charge in [-0.05, 0) is 12.5 Å². The Morgan fingerprint density at radius 2 is 1.92 bits per heavy atom. The Labute approximate surface area is 142 Å². The van der Waals surface area contributed by atoms with Gasteiger partial charge in [-0.25, -0.2) is 4.79 Å². The second-order valence-corrected chi connectivity index (χ2v) is 5.14. The molecule has 1 N–H and O–H groups in total. The van der Waals surface area contributed by atoms with Gasteiger partial charge in [0.1, 0.15) is 0 Å². The molecule has 1 rings (SSSR count). The number of rotatable bonds is 10. The number of esters is 1. The van der Waals surface area contributed by atoms with Crippen LogP contribution in [-0.4, -0.2) is 32.7 Å². The Morgan fingerprint density at radius 1 is 1.17 bits per heavy atom. The van der Waals surface area contributed by atoms with Crippen LogP contribution in [0.2, 0.25) is 0 Å². The fourth-order valence-corrected chi connectivity index (χ4v) is 2.11. The number of anilines is 1. The first-order valence-corrected chi connectivity index (χ1v) is 7.93. The highest BCUT2D eigenvalue weighted by Gasteiger charge is 2.18. The molecule has 0 aliphatic carbocycles. The summed E-state index contributed by atoms with van der Waals surface area (Å²) in [5.74, 6) is -0.146. The van der Waals surface area contributed by atoms with Gasteiger partial charge in [0, 0.05) is 12.1 Å². The number of carbonyl (C=O) groups excluding carboxylic acids is 2. The number of amides is 1. The van der Waals surface area contributed by atoms with Crippen LogP contribution in [0.25, 0.3) is 0 Å². The Morgan fingerprint density at radius 3 is 2.50 bits per heavy atom. The van der Waals surface area contributed by atoms with Crippen LogP contribution in [0.5, 0.6) is 11.5 Å². The third-order valence-electron chi connectivity index (χ3n) is 3.41. The molecule has 1 aromatic carbocycles. The van der Waals surface area contributed by atoms with Crippen molar-refractivity contribution in [2.45, 2.75) is 32.6 Å². The first-order valence-electron chi connectivity index (χ1n) is 7.93. The monoisotopic (exact) mass is 335 g/mol. The van der Waals surface area contributed by atoms with E-state index >= 15 is 0 Å². The van der Waals surface area contributed by atoms with E-state index in [9.17, 15) is 9.59 Å². The molecule has 24 heavy (non-hydrogen) atoms. The van der Waals surface area contributed by atoms with Gasteiger partial charge in [-0.3, -0.25) is 4.79 Å². The van der Waals surface area contributed by atoms with Crippen LogP contribution in [0, 0.1) is 0 Å². The molecule has 0 unspecified atom stereocenters. The van der Waals surface area contributed by atoms with Gasteiger partial charge in [0.05, 0.1) is 32.1 Å². The molecular formula is C18H25NO5. The van der Waals surface area contributed by atoms with Gasteiger partial charge < -0.3 is 19.5 Å². The van der Waals surface area contributed by atoms with Gasteiger partial charge >= 0.3 is 5.97 Å². The van der Waals surface area contributed by atoms with Crippen molar-refractivity contribution in [3.8, 4) is 11.5 Å². The molecule has 0 saturated carbocycles. The topological polar surface area (TPSA) is 73.9 Å². The van der Waals surface area contributed by atoms with Crippen molar-refractivity contribution in [2.24, 2.45) is 0 Å². The lowest BCUT2D eigenvalue weighted by atomic mass is 10.1. The van der Waals surface area contributed by atoms with E-state index in [1.165, 1.54) is 26.4 Å². The second-order valence-electron chi connectivity index (χ2n) is 5.14. The minimum Gasteiger partial charge on any atom is -0.493 e. The van der Waals surface area contributed by atoms with E-state index < -0.39 is 11.9 Å². The highest BCUT2D eigenvalue weighted by Crippen LogP contribution is 2.34. The molecule has 0 atom stereocenters. The van der Waals surface area contributed by atoms with Gasteiger partial charge in [-0.15, -0.1) is 0 Å². The van der Waals surface area contributed by atoms with Crippen molar-refractivity contribution in [3.63, 3.8) is 0 Å². The highest BCUT2D eigenvalue weighted by atomic mass is 16.5. The fourth-order valence-electron chi connectivity index (χ4n) is 2.11. The summed E-state index contributed by atoms with van der Waals surface area (Å²) in [6, 6.07) is 3.05. The first kappa shape index (κ1) is 19.5. The zero-order valence-electron chi connectivity index (χ0n) is 14.5. The van der Waals surface area contributed by atoms with Gasteiger partial charge in [0.25, 0.3) is 0 Å². The third-order valence-corrected chi connectivity index (χ3v) is 3.41. The number of methoxy groups -OCH3 is 2. The smallest absolute Gasteiger partial charge is 0.340 e. The molecular weight excluding hydrogens is 310 g/mol. The third kappa shape index (κ3) is 5.61. The van der Waals surface area contributed by atoms with E-state index in [-0.39, 0.29) is 11.3 Å². The van der Waals surface area contributed by atoms with Crippen molar-refractivity contribution >= 4 is 17.6 Å². The average molecular weight is 335 g/mol. The van der Waals surface area contributed by atoms with Crippen molar-refractivity contribution in [1.82, 2.24) is 0 Å². The molecule has 6 heteroatoms. The normalized spacial score (nSPS) is 9.96. The molecule has 0 aliphatic rings. The predicted octanol–water partition coefficient (Wildman–Crippen LogP) is 3.57. The largest absolute Gasteiger partial charge is 0.493 e. The summed E-state index contributed by atoms with van der Waals surface area (Å²) in [4.78, 5) is 23.5. The van der Waals surface area contributed by atoms with Crippen LogP contribution in [-0.2, 0) is 9.53 Å². The number of hydrogen-bond acceptors (Lipinski definition) is 5. The van der Waals surface area contributed by atoms with Crippen LogP contribution in [0.1, 0.15) is 43.0 Å². The Balaban J connectivity index is 3.04. The Hall–Kier alpha value is -2.50. The van der Waals surface area contributed by atoms with Crippen molar-refractivity contribution < 1.29 is 23.8 Å². The molecule has 0 bridgehead atoms. The summed E-state index contributed by atoms with van der Waals surface area (Å²) in [6.07, 6.45) is 5.41. The SMILES string of the molecule is C=CC(=O)Nc1cc(OC)c(OCCCCCC)cc1C(=O)OC. The number of nitrogens with one attached hydrogen (secondary N) is 1. The van der Waals surface area contributed by atoms with Gasteiger partial charge in [0.2, 0.25) is 5.91 Å². The second kappa shape index (κ2) is 10.3. The predicted molar refractivity (Wildman–Crippen MR) is 92.8 cm³/mol. The maximum Gasteiger partial charge on any atom is 0.340 e. The lowest BCUT2D eigenvalue weighted by Crippen LogP contribution is -2.13. The van der Waals surface area contributed by atoms with Crippen LogP contribution in [0.4, 0.5) is 5.69 Å². The van der Waals surface area contributed by atoms with E-state index in [1.54, 1.807) is 0 Å². The number of carbonyl (C=O) groups is 2. The fraction of sp³-hybridized carbons (Fsp3) is 0.444. The Kier molecular flexibility index (Phi) is 8.39. The molecule has 0 heterocycles. The van der Waals surface area contributed by atoms with Crippen molar-refractivity contribution in [2.75, 3.05) is 26.1 Å². The van der Waals surface area contributed by atoms with Crippen molar-refractivity contribution in [1.29, 1.82) is 0 Å². The standard InChI is InChI=1S/C18H25NO5/c1-5-7-8-9-10-24-16-11-13(18(21)23-4)14(12-15(16)22-3)19-17(20)6-2/h6,11-12H,2,5,7-10H2,1,3-4H3,(H,19,20). The van der Waals surface area contributed by atoms with Crippen LogP contribution in [0.15, 0.2) is 24.8 Å². The minimum absolute atomic E-state index is 0.192. The van der Waals surface area contributed by atoms with E-state index in [4.69, 9.17) is 14.2 Å². The summed E-state index contributed by atoms with van der Waals surface area (Å²) < 4.78 is 15.8. The molecule has 1 amide bonds. The van der Waals surface area contributed by atoms with Gasteiger partial charge in [0.15, 0.2) is 11.5 Å². The molecule has 0 aliphatic heterocycles. The molecule has 0 fully saturated rings. The van der Waals surface area contributed by atoms with Crippen molar-refractivity contribution in [3.05, 3.63) is 30.4 Å². The first-order chi connectivity index (χ1) is 11.6. The maximum absolute atomic E-state index is 12.0. The van der Waals surface area contributed by atoms with Gasteiger partial charge in [-0.1, -0.05) is 32.8 Å². The van der Waals surface area contributed by atoms with Crippen LogP contribution >= 0.6 is 0 Å². The molecule has 132 valence electrons. The lowest BCUT2D eigenvalue weighted by Gasteiger charge is -2.15. The van der Waals surface area contributed by atoms with E-state index in [0.29, 0.717) is 18.1 Å². The molecule has 1 aromatic rings. The summed E-state index contributed by atoms with van der Waals surface area (Å²) in [7, 11) is 2.77. The van der Waals surface area contributed by atoms with Gasteiger partial charge in [-0.2, -0.15) is 0 Å². The molecule has 6 nitrogen and oxygen atoms in total. The number of benzene rings is 1. The summed E-state index contributed by atoms with van der Waals surface area (Å²) in [6.45, 7) is 6.06. The quantitative estimate of drug-likeness (QED) is 0.402. The van der Waals surface area contributed by atoms with E-state index in [1.807, 2.05) is 0 Å². The minimum atomic E-state index is -0.576. The molecule has 0 aromatic heterocycles. The highest BCUT2D eigenvalue weighted by molar-refractivity contribution is 6.05. The van der Waals surface area contributed by atoms with E-state index in [0.717, 1.165) is 31.8 Å². The van der Waals surface area contributed by atoms with E-state index in [2.05, 4.69) is 18.8 Å². The number of hydrogen-bond donors (Lipinski definition) is 1. The average Bonchev–Trinajstić information content (AvgIpc) is 2.61. The van der Waals surface area contributed by atoms with Crippen LogP contribution in [0.3, 0.4) is 0 Å².